The fraction of sp³-hybridized carbons (Fsp3) is 0.200. The molecule has 112 valence electrons. The number of ether oxygens (including phenoxy) is 1. The normalized spacial score (nSPS) is 9.38. The topological polar surface area (TPSA) is 94.5 Å². The van der Waals surface area contributed by atoms with Gasteiger partial charge < -0.3 is 15.7 Å². The Hall–Kier alpha value is -2.76. The van der Waals surface area contributed by atoms with E-state index in [1.54, 1.807) is 6.92 Å². The Labute approximate surface area is 122 Å². The van der Waals surface area contributed by atoms with Crippen molar-refractivity contribution in [2.75, 3.05) is 5.84 Å². The van der Waals surface area contributed by atoms with E-state index >= 15 is 0 Å². The Bertz CT molecular complexity index is 623. The number of rotatable bonds is 4. The number of nitrogens with two attached hydrogens (primary N) is 1. The molecule has 1 aromatic heterocycles. The number of aromatic nitrogens is 1. The number of nitrogens with zero attached hydrogens (tertiary/aromatic N) is 1. The molecule has 0 bridgehead atoms. The molecule has 0 amide bonds. The molecule has 0 aliphatic heterocycles. The van der Waals surface area contributed by atoms with Crippen LogP contribution < -0.4 is 16.0 Å². The van der Waals surface area contributed by atoms with E-state index in [2.05, 4.69) is 0 Å². The maximum absolute atomic E-state index is 11.4. The van der Waals surface area contributed by atoms with Gasteiger partial charge in [0.05, 0.1) is 6.20 Å². The van der Waals surface area contributed by atoms with Gasteiger partial charge in [0.25, 0.3) is 0 Å². The van der Waals surface area contributed by atoms with Crippen LogP contribution in [0.1, 0.15) is 18.9 Å². The predicted octanol–water partition coefficient (Wildman–Crippen LogP) is 1.62. The molecular weight excluding hydrogens is 272 g/mol. The van der Waals surface area contributed by atoms with Crippen molar-refractivity contribution in [2.24, 2.45) is 0 Å². The van der Waals surface area contributed by atoms with Crippen molar-refractivity contribution in [3.05, 3.63) is 64.6 Å². The Morgan fingerprint density at radius 1 is 1.29 bits per heavy atom. The zero-order valence-electron chi connectivity index (χ0n) is 11.7. The van der Waals surface area contributed by atoms with Gasteiger partial charge in [0.15, 0.2) is 5.75 Å². The number of carboxylic acids is 1. The quantitative estimate of drug-likeness (QED) is 0.834. The van der Waals surface area contributed by atoms with Crippen LogP contribution in [0.15, 0.2) is 53.6 Å². The van der Waals surface area contributed by atoms with E-state index in [4.69, 9.17) is 15.7 Å². The van der Waals surface area contributed by atoms with Crippen molar-refractivity contribution >= 4 is 5.97 Å². The molecule has 1 heterocycles. The van der Waals surface area contributed by atoms with E-state index in [-0.39, 0.29) is 17.6 Å². The number of aliphatic carboxylic acids is 1. The zero-order chi connectivity index (χ0) is 15.7. The van der Waals surface area contributed by atoms with E-state index in [1.807, 2.05) is 30.3 Å². The monoisotopic (exact) mass is 290 g/mol. The van der Waals surface area contributed by atoms with Gasteiger partial charge in [0.2, 0.25) is 5.43 Å². The number of hydrogen-bond acceptors (Lipinski definition) is 4. The lowest BCUT2D eigenvalue weighted by Gasteiger charge is -2.06. The largest absolute Gasteiger partial charge is 0.483 e. The predicted molar refractivity (Wildman–Crippen MR) is 79.6 cm³/mol. The SMILES string of the molecule is CCC(=O)O.Nn1ccc(=O)c(OCc2ccccc2)c1. The highest BCUT2D eigenvalue weighted by Gasteiger charge is 2.00. The average molecular weight is 290 g/mol. The second-order valence-corrected chi connectivity index (χ2v) is 4.14. The van der Waals surface area contributed by atoms with Crippen LogP contribution in [0.5, 0.6) is 5.75 Å². The summed E-state index contributed by atoms with van der Waals surface area (Å²) in [5.74, 6) is 5.01. The van der Waals surface area contributed by atoms with Crippen molar-refractivity contribution < 1.29 is 14.6 Å². The molecule has 21 heavy (non-hydrogen) atoms. The van der Waals surface area contributed by atoms with Gasteiger partial charge in [-0.2, -0.15) is 0 Å². The lowest BCUT2D eigenvalue weighted by molar-refractivity contribution is -0.136. The van der Waals surface area contributed by atoms with E-state index in [9.17, 15) is 9.59 Å². The first-order valence-corrected chi connectivity index (χ1v) is 6.38. The van der Waals surface area contributed by atoms with Crippen LogP contribution in [0.3, 0.4) is 0 Å². The van der Waals surface area contributed by atoms with Crippen molar-refractivity contribution in [1.29, 1.82) is 0 Å². The molecule has 0 aliphatic carbocycles. The molecule has 0 fully saturated rings. The van der Waals surface area contributed by atoms with Gasteiger partial charge in [0, 0.05) is 18.7 Å². The van der Waals surface area contributed by atoms with Gasteiger partial charge in [-0.05, 0) is 5.56 Å². The van der Waals surface area contributed by atoms with Crippen LogP contribution in [-0.2, 0) is 11.4 Å². The third-order valence-corrected chi connectivity index (χ3v) is 2.45. The van der Waals surface area contributed by atoms with Crippen LogP contribution in [0.4, 0.5) is 0 Å². The molecule has 1 aromatic carbocycles. The van der Waals surface area contributed by atoms with Crippen LogP contribution >= 0.6 is 0 Å². The minimum Gasteiger partial charge on any atom is -0.483 e. The van der Waals surface area contributed by atoms with E-state index in [0.29, 0.717) is 6.61 Å². The zero-order valence-corrected chi connectivity index (χ0v) is 11.7. The highest BCUT2D eigenvalue weighted by atomic mass is 16.5. The first-order valence-electron chi connectivity index (χ1n) is 6.38. The van der Waals surface area contributed by atoms with Crippen LogP contribution in [-0.4, -0.2) is 15.8 Å². The number of nitrogen functional groups attached to an aromatic ring is 1. The van der Waals surface area contributed by atoms with Crippen molar-refractivity contribution in [2.45, 2.75) is 20.0 Å². The number of benzene rings is 1. The third kappa shape index (κ3) is 6.29. The Morgan fingerprint density at radius 2 is 1.90 bits per heavy atom. The number of carboxylic acid groups (broad SMARTS) is 1. The van der Waals surface area contributed by atoms with Gasteiger partial charge in [-0.1, -0.05) is 37.3 Å². The highest BCUT2D eigenvalue weighted by Crippen LogP contribution is 2.05. The van der Waals surface area contributed by atoms with Gasteiger partial charge in [-0.15, -0.1) is 0 Å². The molecule has 0 aliphatic rings. The molecule has 0 saturated carbocycles. The Kier molecular flexibility index (Phi) is 6.53. The summed E-state index contributed by atoms with van der Waals surface area (Å²) in [4.78, 5) is 20.8. The summed E-state index contributed by atoms with van der Waals surface area (Å²) in [5, 5.41) is 7.72. The fourth-order valence-corrected chi connectivity index (χ4v) is 1.32. The second-order valence-electron chi connectivity index (χ2n) is 4.14. The summed E-state index contributed by atoms with van der Waals surface area (Å²) < 4.78 is 6.68. The van der Waals surface area contributed by atoms with E-state index in [0.717, 1.165) is 5.56 Å². The molecule has 6 nitrogen and oxygen atoms in total. The fourth-order valence-electron chi connectivity index (χ4n) is 1.32. The number of carbonyl (C=O) groups is 1. The molecule has 0 atom stereocenters. The lowest BCUT2D eigenvalue weighted by Crippen LogP contribution is -2.14. The minimum atomic E-state index is -0.745. The van der Waals surface area contributed by atoms with E-state index in [1.165, 1.54) is 23.1 Å². The smallest absolute Gasteiger partial charge is 0.303 e. The summed E-state index contributed by atoms with van der Waals surface area (Å²) in [5.41, 5.74) is 0.840. The number of hydrogen-bond donors (Lipinski definition) is 2. The first kappa shape index (κ1) is 16.3. The summed E-state index contributed by atoms with van der Waals surface area (Å²) in [6.45, 7) is 1.96. The minimum absolute atomic E-state index is 0.169. The standard InChI is InChI=1S/C12H12N2O2.C3H6O2/c13-14-7-6-11(15)12(8-14)16-9-10-4-2-1-3-5-10;1-2-3(4)5/h1-8H,9,13H2;2H2,1H3,(H,4,5). The van der Waals surface area contributed by atoms with Crippen LogP contribution in [0.2, 0.25) is 0 Å². The molecule has 3 N–H and O–H groups in total. The maximum atomic E-state index is 11.4. The van der Waals surface area contributed by atoms with Gasteiger partial charge in [0.1, 0.15) is 6.61 Å². The van der Waals surface area contributed by atoms with E-state index < -0.39 is 5.97 Å². The molecule has 2 aromatic rings. The number of pyridine rings is 1. The Balaban J connectivity index is 0.000000383. The van der Waals surface area contributed by atoms with Gasteiger partial charge in [-0.25, -0.2) is 0 Å². The molecular formula is C15H18N2O4. The second kappa shape index (κ2) is 8.42. The summed E-state index contributed by atoms with van der Waals surface area (Å²) >= 11 is 0. The average Bonchev–Trinajstić information content (AvgIpc) is 2.50. The van der Waals surface area contributed by atoms with Gasteiger partial charge in [-0.3, -0.25) is 14.3 Å². The Morgan fingerprint density at radius 3 is 2.48 bits per heavy atom. The van der Waals surface area contributed by atoms with Crippen LogP contribution in [0.25, 0.3) is 0 Å². The lowest BCUT2D eigenvalue weighted by atomic mass is 10.2. The first-order chi connectivity index (χ1) is 10.0. The highest BCUT2D eigenvalue weighted by molar-refractivity contribution is 5.66. The summed E-state index contributed by atoms with van der Waals surface area (Å²) in [7, 11) is 0. The van der Waals surface area contributed by atoms with Crippen molar-refractivity contribution in [3.63, 3.8) is 0 Å². The maximum Gasteiger partial charge on any atom is 0.303 e. The molecule has 2 rings (SSSR count). The summed E-state index contributed by atoms with van der Waals surface area (Å²) in [6.07, 6.45) is 3.17. The summed E-state index contributed by atoms with van der Waals surface area (Å²) in [6, 6.07) is 11.0. The molecule has 6 heteroatoms. The molecule has 0 radical (unpaired) electrons. The van der Waals surface area contributed by atoms with Crippen LogP contribution in [0, 0.1) is 0 Å². The third-order valence-electron chi connectivity index (χ3n) is 2.45. The van der Waals surface area contributed by atoms with Crippen molar-refractivity contribution in [3.8, 4) is 5.75 Å². The molecule has 0 spiro atoms. The molecule has 0 unspecified atom stereocenters. The van der Waals surface area contributed by atoms with Crippen molar-refractivity contribution in [1.82, 2.24) is 4.68 Å². The van der Waals surface area contributed by atoms with Gasteiger partial charge >= 0.3 is 5.97 Å². The molecule has 0 saturated heterocycles.